The van der Waals surface area contributed by atoms with Crippen molar-refractivity contribution in [1.29, 1.82) is 0 Å². The number of aromatic nitrogens is 2. The molecule has 1 heterocycles. The van der Waals surface area contributed by atoms with Crippen molar-refractivity contribution in [3.05, 3.63) is 18.2 Å². The third-order valence-corrected chi connectivity index (χ3v) is 4.54. The van der Waals surface area contributed by atoms with E-state index in [0.29, 0.717) is 13.0 Å². The summed E-state index contributed by atoms with van der Waals surface area (Å²) in [5, 5.41) is 0. The molecule has 1 aliphatic rings. The number of rotatable bonds is 6. The van der Waals surface area contributed by atoms with Gasteiger partial charge in [-0.25, -0.2) is 4.98 Å². The van der Waals surface area contributed by atoms with Gasteiger partial charge in [0.05, 0.1) is 12.6 Å². The van der Waals surface area contributed by atoms with Crippen LogP contribution in [0.15, 0.2) is 12.4 Å². The van der Waals surface area contributed by atoms with E-state index in [4.69, 9.17) is 10.5 Å². The van der Waals surface area contributed by atoms with Crippen LogP contribution in [0, 0.1) is 5.92 Å². The van der Waals surface area contributed by atoms with Crippen LogP contribution in [-0.4, -0.2) is 46.2 Å². The van der Waals surface area contributed by atoms with Gasteiger partial charge >= 0.3 is 0 Å². The monoisotopic (exact) mass is 308 g/mol. The number of aryl methyl sites for hydroxylation is 1. The topological polar surface area (TPSA) is 73.4 Å². The van der Waals surface area contributed by atoms with Gasteiger partial charge in [-0.15, -0.1) is 0 Å². The van der Waals surface area contributed by atoms with Crippen molar-refractivity contribution in [3.8, 4) is 0 Å². The number of hydrogen-bond acceptors (Lipinski definition) is 4. The van der Waals surface area contributed by atoms with E-state index in [1.807, 2.05) is 22.7 Å². The van der Waals surface area contributed by atoms with Crippen LogP contribution < -0.4 is 5.73 Å². The van der Waals surface area contributed by atoms with Crippen LogP contribution in [0.25, 0.3) is 0 Å². The van der Waals surface area contributed by atoms with Crippen LogP contribution in [0.3, 0.4) is 0 Å². The summed E-state index contributed by atoms with van der Waals surface area (Å²) in [5.41, 5.74) is 6.14. The molecule has 6 heteroatoms. The predicted molar refractivity (Wildman–Crippen MR) is 85.0 cm³/mol. The van der Waals surface area contributed by atoms with Gasteiger partial charge in [-0.2, -0.15) is 0 Å². The van der Waals surface area contributed by atoms with Gasteiger partial charge in [0.2, 0.25) is 5.91 Å². The zero-order chi connectivity index (χ0) is 16.1. The molecule has 1 aromatic rings. The fourth-order valence-corrected chi connectivity index (χ4v) is 3.21. The number of carbonyl (C=O) groups is 1. The Labute approximate surface area is 132 Å². The smallest absolute Gasteiger partial charge is 0.226 e. The van der Waals surface area contributed by atoms with Crippen molar-refractivity contribution in [2.45, 2.75) is 51.3 Å². The van der Waals surface area contributed by atoms with Crippen LogP contribution >= 0.6 is 0 Å². The van der Waals surface area contributed by atoms with Crippen LogP contribution in [-0.2, 0) is 23.1 Å². The lowest BCUT2D eigenvalue weighted by Crippen LogP contribution is -2.46. The first-order chi connectivity index (χ1) is 10.6. The maximum absolute atomic E-state index is 12.9. The zero-order valence-electron chi connectivity index (χ0n) is 13.9. The highest BCUT2D eigenvalue weighted by molar-refractivity contribution is 5.79. The summed E-state index contributed by atoms with van der Waals surface area (Å²) in [7, 11) is 3.65. The predicted octanol–water partition coefficient (Wildman–Crippen LogP) is 1.30. The van der Waals surface area contributed by atoms with Gasteiger partial charge in [0.15, 0.2) is 0 Å². The molecule has 2 N–H and O–H groups in total. The van der Waals surface area contributed by atoms with Gasteiger partial charge in [0.25, 0.3) is 0 Å². The molecule has 0 aliphatic heterocycles. The molecule has 0 aromatic carbocycles. The minimum absolute atomic E-state index is 0.00761. The number of nitrogens with zero attached hydrogens (tertiary/aromatic N) is 3. The summed E-state index contributed by atoms with van der Waals surface area (Å²) in [6.45, 7) is 3.41. The van der Waals surface area contributed by atoms with Gasteiger partial charge in [-0.3, -0.25) is 4.79 Å². The molecular formula is C16H28N4O2. The van der Waals surface area contributed by atoms with Gasteiger partial charge in [-0.1, -0.05) is 6.92 Å². The quantitative estimate of drug-likeness (QED) is 0.860. The molecule has 0 spiro atoms. The van der Waals surface area contributed by atoms with E-state index in [-0.39, 0.29) is 24.0 Å². The Hall–Kier alpha value is -1.40. The molecule has 124 valence electrons. The van der Waals surface area contributed by atoms with Crippen molar-refractivity contribution in [3.63, 3.8) is 0 Å². The van der Waals surface area contributed by atoms with Crippen LogP contribution in [0.2, 0.25) is 0 Å². The number of ether oxygens (including phenoxy) is 1. The van der Waals surface area contributed by atoms with E-state index in [2.05, 4.69) is 11.9 Å². The summed E-state index contributed by atoms with van der Waals surface area (Å²) in [4.78, 5) is 19.1. The Bertz CT molecular complexity index is 488. The summed E-state index contributed by atoms with van der Waals surface area (Å²) in [5.74, 6) is 1.12. The molecule has 22 heavy (non-hydrogen) atoms. The van der Waals surface area contributed by atoms with E-state index < -0.39 is 0 Å². The first-order valence-corrected chi connectivity index (χ1v) is 8.10. The summed E-state index contributed by atoms with van der Waals surface area (Å²) in [6, 6.07) is -0.0515. The first-order valence-electron chi connectivity index (χ1n) is 8.10. The molecule has 0 radical (unpaired) electrons. The molecule has 1 fully saturated rings. The maximum atomic E-state index is 12.9. The number of carbonyl (C=O) groups excluding carboxylic acids is 1. The molecule has 3 atom stereocenters. The molecule has 1 saturated carbocycles. The van der Waals surface area contributed by atoms with Crippen LogP contribution in [0.1, 0.15) is 38.4 Å². The zero-order valence-corrected chi connectivity index (χ0v) is 13.9. The summed E-state index contributed by atoms with van der Waals surface area (Å²) in [6.07, 6.45) is 7.11. The fraction of sp³-hybridized carbons (Fsp3) is 0.750. The lowest BCUT2D eigenvalue weighted by molar-refractivity contribution is -0.138. The van der Waals surface area contributed by atoms with E-state index in [1.165, 1.54) is 0 Å². The van der Waals surface area contributed by atoms with Crippen molar-refractivity contribution < 1.29 is 9.53 Å². The normalized spacial score (nSPS) is 25.2. The standard InChI is InChI=1S/C16H28N4O2/c1-4-8-20(11-15-18-7-9-19(15)2)16(21)12-5-6-14(22-3)13(17)10-12/h7,9,12-14H,4-6,8,10-11,17H2,1-3H3/t12-,13+,14+/m0/s1. The number of hydrogen-bond donors (Lipinski definition) is 1. The van der Waals surface area contributed by atoms with Gasteiger partial charge in [-0.05, 0) is 25.7 Å². The minimum atomic E-state index is -0.0515. The van der Waals surface area contributed by atoms with E-state index in [0.717, 1.165) is 31.6 Å². The van der Waals surface area contributed by atoms with E-state index >= 15 is 0 Å². The average molecular weight is 308 g/mol. The van der Waals surface area contributed by atoms with Crippen molar-refractivity contribution in [1.82, 2.24) is 14.5 Å². The lowest BCUT2D eigenvalue weighted by atomic mass is 9.83. The maximum Gasteiger partial charge on any atom is 0.226 e. The highest BCUT2D eigenvalue weighted by Crippen LogP contribution is 2.27. The number of nitrogens with two attached hydrogens (primary N) is 1. The molecule has 1 aliphatic carbocycles. The van der Waals surface area contributed by atoms with Crippen molar-refractivity contribution in [2.75, 3.05) is 13.7 Å². The Morgan fingerprint density at radius 1 is 1.55 bits per heavy atom. The third kappa shape index (κ3) is 3.87. The highest BCUT2D eigenvalue weighted by atomic mass is 16.5. The molecule has 6 nitrogen and oxygen atoms in total. The van der Waals surface area contributed by atoms with Crippen LogP contribution in [0.5, 0.6) is 0 Å². The SMILES string of the molecule is CCCN(Cc1nccn1C)C(=O)[C@H]1CC[C@@H](OC)[C@H](N)C1. The lowest BCUT2D eigenvalue weighted by Gasteiger charge is -2.35. The highest BCUT2D eigenvalue weighted by Gasteiger charge is 2.34. The van der Waals surface area contributed by atoms with Crippen molar-refractivity contribution >= 4 is 5.91 Å². The Morgan fingerprint density at radius 3 is 2.86 bits per heavy atom. The third-order valence-electron chi connectivity index (χ3n) is 4.54. The average Bonchev–Trinajstić information content (AvgIpc) is 2.91. The Kier molecular flexibility index (Phi) is 5.97. The second kappa shape index (κ2) is 7.74. The molecule has 1 amide bonds. The van der Waals surface area contributed by atoms with E-state index in [9.17, 15) is 4.79 Å². The largest absolute Gasteiger partial charge is 0.380 e. The first kappa shape index (κ1) is 17.0. The van der Waals surface area contributed by atoms with Gasteiger partial charge in [0.1, 0.15) is 5.82 Å². The van der Waals surface area contributed by atoms with Gasteiger partial charge in [0, 0.05) is 45.1 Å². The second-order valence-electron chi connectivity index (χ2n) is 6.16. The Balaban J connectivity index is 2.02. The van der Waals surface area contributed by atoms with Crippen LogP contribution in [0.4, 0.5) is 0 Å². The molecule has 0 unspecified atom stereocenters. The molecule has 1 aromatic heterocycles. The number of imidazole rings is 1. The molecule has 0 saturated heterocycles. The molecule has 2 rings (SSSR count). The number of methoxy groups -OCH3 is 1. The van der Waals surface area contributed by atoms with Gasteiger partial charge < -0.3 is 19.9 Å². The minimum Gasteiger partial charge on any atom is -0.380 e. The summed E-state index contributed by atoms with van der Waals surface area (Å²) >= 11 is 0. The Morgan fingerprint density at radius 2 is 2.32 bits per heavy atom. The summed E-state index contributed by atoms with van der Waals surface area (Å²) < 4.78 is 7.34. The van der Waals surface area contributed by atoms with E-state index in [1.54, 1.807) is 13.3 Å². The molecule has 0 bridgehead atoms. The number of amides is 1. The fourth-order valence-electron chi connectivity index (χ4n) is 3.21. The second-order valence-corrected chi connectivity index (χ2v) is 6.16. The van der Waals surface area contributed by atoms with Crippen molar-refractivity contribution in [2.24, 2.45) is 18.7 Å². The molecular weight excluding hydrogens is 280 g/mol.